The van der Waals surface area contributed by atoms with Gasteiger partial charge in [0.2, 0.25) is 0 Å². The van der Waals surface area contributed by atoms with Crippen LogP contribution in [0.5, 0.6) is 0 Å². The molecule has 0 saturated carbocycles. The van der Waals surface area contributed by atoms with Crippen molar-refractivity contribution < 1.29 is 4.42 Å². The average molecular weight is 179 g/mol. The normalized spacial score (nSPS) is 11.7. The van der Waals surface area contributed by atoms with Crippen molar-refractivity contribution in [3.05, 3.63) is 29.7 Å². The topological polar surface area (TPSA) is 25.2 Å². The maximum atomic E-state index is 5.38. The summed E-state index contributed by atoms with van der Waals surface area (Å²) in [7, 11) is 0. The Morgan fingerprint density at radius 3 is 2.77 bits per heavy atom. The fourth-order valence-electron chi connectivity index (χ4n) is 1.02. The van der Waals surface area contributed by atoms with Crippen LogP contribution in [-0.2, 0) is 0 Å². The lowest BCUT2D eigenvalue weighted by Crippen LogP contribution is -2.22. The van der Waals surface area contributed by atoms with E-state index in [2.05, 4.69) is 25.2 Å². The predicted molar refractivity (Wildman–Crippen MR) is 55.6 cm³/mol. The fourth-order valence-corrected chi connectivity index (χ4v) is 1.02. The van der Waals surface area contributed by atoms with E-state index in [1.807, 2.05) is 25.1 Å². The Labute approximate surface area is 79.6 Å². The van der Waals surface area contributed by atoms with E-state index in [4.69, 9.17) is 4.42 Å². The summed E-state index contributed by atoms with van der Waals surface area (Å²) >= 11 is 0. The van der Waals surface area contributed by atoms with Crippen LogP contribution < -0.4 is 5.32 Å². The minimum Gasteiger partial charge on any atom is -0.462 e. The van der Waals surface area contributed by atoms with Gasteiger partial charge in [0.05, 0.1) is 0 Å². The quantitative estimate of drug-likeness (QED) is 0.768. The van der Waals surface area contributed by atoms with Crippen LogP contribution in [0.1, 0.15) is 25.4 Å². The molecule has 0 bridgehead atoms. The Morgan fingerprint density at radius 2 is 2.23 bits per heavy atom. The van der Waals surface area contributed by atoms with Crippen LogP contribution in [0.4, 0.5) is 0 Å². The molecular weight excluding hydrogens is 162 g/mol. The Morgan fingerprint density at radius 1 is 1.46 bits per heavy atom. The van der Waals surface area contributed by atoms with E-state index in [0.29, 0.717) is 6.04 Å². The third-order valence-corrected chi connectivity index (χ3v) is 1.69. The van der Waals surface area contributed by atoms with Crippen LogP contribution in [0.3, 0.4) is 0 Å². The molecule has 0 aliphatic carbocycles. The van der Waals surface area contributed by atoms with E-state index in [1.54, 1.807) is 0 Å². The van der Waals surface area contributed by atoms with E-state index in [9.17, 15) is 0 Å². The molecule has 1 aromatic rings. The summed E-state index contributed by atoms with van der Waals surface area (Å²) in [4.78, 5) is 0. The zero-order valence-corrected chi connectivity index (χ0v) is 8.50. The predicted octanol–water partition coefficient (Wildman–Crippen LogP) is 2.60. The Kier molecular flexibility index (Phi) is 3.77. The van der Waals surface area contributed by atoms with Gasteiger partial charge in [-0.3, -0.25) is 0 Å². The molecule has 2 heteroatoms. The number of rotatable bonds is 4. The van der Waals surface area contributed by atoms with Crippen molar-refractivity contribution in [1.29, 1.82) is 0 Å². The van der Waals surface area contributed by atoms with Gasteiger partial charge in [-0.05, 0) is 25.1 Å². The van der Waals surface area contributed by atoms with Crippen LogP contribution in [0.2, 0.25) is 0 Å². The molecular formula is C11H17NO. The van der Waals surface area contributed by atoms with E-state index < -0.39 is 0 Å². The van der Waals surface area contributed by atoms with E-state index in [-0.39, 0.29) is 0 Å². The summed E-state index contributed by atoms with van der Waals surface area (Å²) in [6.07, 6.45) is 4.06. The first-order valence-electron chi connectivity index (χ1n) is 4.65. The van der Waals surface area contributed by atoms with Gasteiger partial charge in [-0.15, -0.1) is 0 Å². The second-order valence-electron chi connectivity index (χ2n) is 3.41. The molecule has 0 saturated heterocycles. The highest BCUT2D eigenvalue weighted by Gasteiger charge is 1.92. The van der Waals surface area contributed by atoms with Gasteiger partial charge in [0.25, 0.3) is 0 Å². The molecule has 0 atom stereocenters. The molecule has 0 fully saturated rings. The lowest BCUT2D eigenvalue weighted by molar-refractivity contribution is 0.524. The lowest BCUT2D eigenvalue weighted by atomic mass is 10.3. The van der Waals surface area contributed by atoms with Crippen molar-refractivity contribution >= 4 is 6.08 Å². The summed E-state index contributed by atoms with van der Waals surface area (Å²) in [5.41, 5.74) is 0. The average Bonchev–Trinajstić information content (AvgIpc) is 2.45. The Balaban J connectivity index is 2.32. The highest BCUT2D eigenvalue weighted by molar-refractivity contribution is 5.42. The standard InChI is InChI=1S/C11H17NO/c1-9(2)12-8-4-5-11-7-6-10(3)13-11/h4-7,9,12H,8H2,1-3H3. The third-order valence-electron chi connectivity index (χ3n) is 1.69. The van der Waals surface area contributed by atoms with Gasteiger partial charge in [-0.1, -0.05) is 19.9 Å². The lowest BCUT2D eigenvalue weighted by Gasteiger charge is -2.02. The first-order valence-corrected chi connectivity index (χ1v) is 4.65. The van der Waals surface area contributed by atoms with Gasteiger partial charge >= 0.3 is 0 Å². The van der Waals surface area contributed by atoms with E-state index in [1.165, 1.54) is 0 Å². The van der Waals surface area contributed by atoms with Crippen molar-refractivity contribution in [3.8, 4) is 0 Å². The van der Waals surface area contributed by atoms with Crippen molar-refractivity contribution in [3.63, 3.8) is 0 Å². The van der Waals surface area contributed by atoms with Crippen LogP contribution >= 0.6 is 0 Å². The largest absolute Gasteiger partial charge is 0.462 e. The SMILES string of the molecule is Cc1ccc(C=CCNC(C)C)o1. The monoisotopic (exact) mass is 179 g/mol. The van der Waals surface area contributed by atoms with Crippen molar-refractivity contribution in [2.75, 3.05) is 6.54 Å². The first-order chi connectivity index (χ1) is 6.18. The molecule has 1 heterocycles. The zero-order chi connectivity index (χ0) is 9.68. The van der Waals surface area contributed by atoms with Gasteiger partial charge in [-0.25, -0.2) is 0 Å². The van der Waals surface area contributed by atoms with Crippen LogP contribution in [-0.4, -0.2) is 12.6 Å². The van der Waals surface area contributed by atoms with Crippen LogP contribution in [0.15, 0.2) is 22.6 Å². The molecule has 13 heavy (non-hydrogen) atoms. The number of furan rings is 1. The highest BCUT2D eigenvalue weighted by atomic mass is 16.3. The summed E-state index contributed by atoms with van der Waals surface area (Å²) in [5.74, 6) is 1.87. The molecule has 0 spiro atoms. The van der Waals surface area contributed by atoms with E-state index in [0.717, 1.165) is 18.1 Å². The first kappa shape index (κ1) is 10.1. The van der Waals surface area contributed by atoms with Crippen molar-refractivity contribution in [2.24, 2.45) is 0 Å². The minimum absolute atomic E-state index is 0.531. The molecule has 0 unspecified atom stereocenters. The molecule has 1 aromatic heterocycles. The zero-order valence-electron chi connectivity index (χ0n) is 8.50. The molecule has 2 nitrogen and oxygen atoms in total. The van der Waals surface area contributed by atoms with Crippen LogP contribution in [0.25, 0.3) is 6.08 Å². The summed E-state index contributed by atoms with van der Waals surface area (Å²) in [6, 6.07) is 4.47. The highest BCUT2D eigenvalue weighted by Crippen LogP contribution is 2.07. The van der Waals surface area contributed by atoms with Gasteiger partial charge in [-0.2, -0.15) is 0 Å². The van der Waals surface area contributed by atoms with Gasteiger partial charge in [0, 0.05) is 12.6 Å². The molecule has 0 aromatic carbocycles. The van der Waals surface area contributed by atoms with Crippen LogP contribution in [0, 0.1) is 6.92 Å². The minimum atomic E-state index is 0.531. The Hall–Kier alpha value is -1.02. The van der Waals surface area contributed by atoms with Crippen molar-refractivity contribution in [2.45, 2.75) is 26.8 Å². The Bertz CT molecular complexity index is 273. The summed E-state index contributed by atoms with van der Waals surface area (Å²) in [6.45, 7) is 7.09. The van der Waals surface area contributed by atoms with Gasteiger partial charge in [0.15, 0.2) is 0 Å². The van der Waals surface area contributed by atoms with Gasteiger partial charge in [0.1, 0.15) is 11.5 Å². The number of hydrogen-bond donors (Lipinski definition) is 1. The number of hydrogen-bond acceptors (Lipinski definition) is 2. The number of aryl methyl sites for hydroxylation is 1. The second kappa shape index (κ2) is 4.87. The molecule has 0 aliphatic rings. The maximum Gasteiger partial charge on any atom is 0.126 e. The number of nitrogens with one attached hydrogen (secondary N) is 1. The molecule has 0 aliphatic heterocycles. The maximum absolute atomic E-state index is 5.38. The summed E-state index contributed by atoms with van der Waals surface area (Å²) in [5, 5.41) is 3.29. The van der Waals surface area contributed by atoms with Gasteiger partial charge < -0.3 is 9.73 Å². The second-order valence-corrected chi connectivity index (χ2v) is 3.41. The molecule has 72 valence electrons. The van der Waals surface area contributed by atoms with E-state index >= 15 is 0 Å². The smallest absolute Gasteiger partial charge is 0.126 e. The summed E-state index contributed by atoms with van der Waals surface area (Å²) < 4.78 is 5.38. The molecule has 1 N–H and O–H groups in total. The van der Waals surface area contributed by atoms with Crippen molar-refractivity contribution in [1.82, 2.24) is 5.32 Å². The molecule has 0 amide bonds. The third kappa shape index (κ3) is 3.95. The molecule has 1 rings (SSSR count). The molecule has 0 radical (unpaired) electrons. The fraction of sp³-hybridized carbons (Fsp3) is 0.455.